The van der Waals surface area contributed by atoms with E-state index in [9.17, 15) is 22.0 Å². The molecule has 0 radical (unpaired) electrons. The van der Waals surface area contributed by atoms with Crippen LogP contribution in [0.3, 0.4) is 0 Å². The number of hydrogen-bond donors (Lipinski definition) is 3. The first kappa shape index (κ1) is 22.5. The topological polar surface area (TPSA) is 87.3 Å². The Labute approximate surface area is 178 Å². The number of hydrogen-bond acceptors (Lipinski definition) is 5. The number of halogens is 3. The molecule has 1 amide bonds. The number of fused-ring (bicyclic) bond motifs is 1. The van der Waals surface area contributed by atoms with Crippen molar-refractivity contribution in [2.75, 3.05) is 17.6 Å². The Morgan fingerprint density at radius 1 is 1.17 bits per heavy atom. The summed E-state index contributed by atoms with van der Waals surface area (Å²) < 4.78 is 50.5. The fourth-order valence-corrected chi connectivity index (χ4v) is 4.60. The normalized spacial score (nSPS) is 14.4. The molecule has 6 nitrogen and oxygen atoms in total. The molecule has 30 heavy (non-hydrogen) atoms. The molecule has 0 unspecified atom stereocenters. The van der Waals surface area contributed by atoms with Crippen LogP contribution in [0.15, 0.2) is 41.3 Å². The van der Waals surface area contributed by atoms with Gasteiger partial charge >= 0.3 is 0 Å². The summed E-state index contributed by atoms with van der Waals surface area (Å²) in [5.41, 5.74) is 2.83. The monoisotopic (exact) mass is 457 g/mol. The number of carbonyl (C=O) groups excluding carboxylic acids is 1. The first-order valence-corrected chi connectivity index (χ1v) is 11.4. The van der Waals surface area contributed by atoms with Gasteiger partial charge in [0.25, 0.3) is 6.43 Å². The van der Waals surface area contributed by atoms with E-state index in [4.69, 9.17) is 11.6 Å². The van der Waals surface area contributed by atoms with Gasteiger partial charge in [0.05, 0.1) is 17.2 Å². The lowest BCUT2D eigenvalue weighted by atomic mass is 10.0. The maximum absolute atomic E-state index is 12.8. The van der Waals surface area contributed by atoms with E-state index < -0.39 is 34.8 Å². The largest absolute Gasteiger partial charge is 0.370 e. The molecule has 0 saturated heterocycles. The number of rotatable bonds is 8. The van der Waals surface area contributed by atoms with Crippen LogP contribution in [0.4, 0.5) is 14.5 Å². The van der Waals surface area contributed by atoms with Gasteiger partial charge in [-0.3, -0.25) is 4.79 Å². The van der Waals surface area contributed by atoms with Crippen molar-refractivity contribution in [2.24, 2.45) is 0 Å². The molecule has 0 aromatic heterocycles. The molecule has 162 valence electrons. The lowest BCUT2D eigenvalue weighted by Crippen LogP contribution is -2.37. The first-order valence-electron chi connectivity index (χ1n) is 9.38. The average molecular weight is 458 g/mol. The molecule has 1 aliphatic heterocycles. The van der Waals surface area contributed by atoms with E-state index in [0.717, 1.165) is 17.7 Å². The summed E-state index contributed by atoms with van der Waals surface area (Å²) >= 11 is 6.08. The summed E-state index contributed by atoms with van der Waals surface area (Å²) in [6.45, 7) is 2.04. The number of carbonyl (C=O) groups is 1. The molecule has 0 bridgehead atoms. The number of nitrogens with one attached hydrogen (secondary N) is 3. The first-order chi connectivity index (χ1) is 14.2. The van der Waals surface area contributed by atoms with Crippen LogP contribution in [0.5, 0.6) is 0 Å². The minimum Gasteiger partial charge on any atom is -0.370 e. The quantitative estimate of drug-likeness (QED) is 0.566. The van der Waals surface area contributed by atoms with Crippen molar-refractivity contribution in [1.29, 1.82) is 0 Å². The van der Waals surface area contributed by atoms with E-state index in [1.54, 1.807) is 6.07 Å². The van der Waals surface area contributed by atoms with Gasteiger partial charge in [-0.2, -0.15) is 0 Å². The number of sulfone groups is 1. The van der Waals surface area contributed by atoms with E-state index in [0.29, 0.717) is 12.2 Å². The lowest BCUT2D eigenvalue weighted by molar-refractivity contribution is -0.122. The molecule has 0 saturated carbocycles. The Hall–Kier alpha value is -2.23. The van der Waals surface area contributed by atoms with Gasteiger partial charge < -0.3 is 16.0 Å². The molecule has 2 aromatic carbocycles. The second kappa shape index (κ2) is 9.28. The van der Waals surface area contributed by atoms with Gasteiger partial charge in [0.15, 0.2) is 9.84 Å². The zero-order valence-electron chi connectivity index (χ0n) is 16.2. The second-order valence-electron chi connectivity index (χ2n) is 6.89. The van der Waals surface area contributed by atoms with Crippen LogP contribution in [-0.2, 0) is 27.7 Å². The third-order valence-corrected chi connectivity index (χ3v) is 6.88. The minimum absolute atomic E-state index is 0.0677. The van der Waals surface area contributed by atoms with Crippen LogP contribution in [0.1, 0.15) is 29.7 Å². The summed E-state index contributed by atoms with van der Waals surface area (Å²) in [7, 11) is -3.69. The van der Waals surface area contributed by atoms with Crippen LogP contribution in [0, 0.1) is 0 Å². The second-order valence-corrected chi connectivity index (χ2v) is 9.57. The Balaban J connectivity index is 2.04. The summed E-state index contributed by atoms with van der Waals surface area (Å²) in [4.78, 5) is 12.7. The highest BCUT2D eigenvalue weighted by atomic mass is 35.5. The molecule has 0 fully saturated rings. The number of alkyl halides is 2. The minimum atomic E-state index is -3.69. The summed E-state index contributed by atoms with van der Waals surface area (Å²) in [5, 5.41) is 8.61. The Morgan fingerprint density at radius 2 is 1.90 bits per heavy atom. The smallest absolute Gasteiger partial charge is 0.255 e. The molecule has 0 spiro atoms. The molecule has 10 heteroatoms. The molecule has 1 atom stereocenters. The molecule has 2 aromatic rings. The maximum atomic E-state index is 12.8. The highest BCUT2D eigenvalue weighted by molar-refractivity contribution is 7.91. The standard InChI is InChI=1S/C20H22ClF2N3O3S/c1-2-30(28,29)17-6-4-14(21)8-16(17)19(20(27)25-11-18(22)23)26-15-5-3-12-9-24-10-13(12)7-15/h3-8,18-19,24,26H,2,9-11H2,1H3,(H,25,27)/t19-/m0/s1. The van der Waals surface area contributed by atoms with Crippen molar-refractivity contribution < 1.29 is 22.0 Å². The van der Waals surface area contributed by atoms with Gasteiger partial charge in [0.1, 0.15) is 6.04 Å². The van der Waals surface area contributed by atoms with Gasteiger partial charge in [-0.15, -0.1) is 0 Å². The van der Waals surface area contributed by atoms with Gasteiger partial charge in [0, 0.05) is 29.4 Å². The number of anilines is 1. The number of amides is 1. The van der Waals surface area contributed by atoms with Crippen LogP contribution in [0.25, 0.3) is 0 Å². The zero-order valence-corrected chi connectivity index (χ0v) is 17.8. The zero-order chi connectivity index (χ0) is 21.9. The SMILES string of the molecule is CCS(=O)(=O)c1ccc(Cl)cc1[C@H](Nc1ccc2c(c1)CNC2)C(=O)NCC(F)F. The van der Waals surface area contributed by atoms with Crippen molar-refractivity contribution >= 4 is 33.0 Å². The fraction of sp³-hybridized carbons (Fsp3) is 0.350. The molecule has 1 heterocycles. The van der Waals surface area contributed by atoms with E-state index in [1.807, 2.05) is 12.1 Å². The molecular formula is C20H22ClF2N3O3S. The third-order valence-electron chi connectivity index (χ3n) is 4.84. The average Bonchev–Trinajstić information content (AvgIpc) is 3.17. The van der Waals surface area contributed by atoms with E-state index in [2.05, 4.69) is 16.0 Å². The molecule has 1 aliphatic rings. The highest BCUT2D eigenvalue weighted by Crippen LogP contribution is 2.31. The van der Waals surface area contributed by atoms with Crippen LogP contribution in [0.2, 0.25) is 5.02 Å². The lowest BCUT2D eigenvalue weighted by Gasteiger charge is -2.23. The highest BCUT2D eigenvalue weighted by Gasteiger charge is 2.29. The fourth-order valence-electron chi connectivity index (χ4n) is 3.30. The Morgan fingerprint density at radius 3 is 2.60 bits per heavy atom. The predicted molar refractivity (Wildman–Crippen MR) is 112 cm³/mol. The van der Waals surface area contributed by atoms with Crippen molar-refractivity contribution in [3.63, 3.8) is 0 Å². The summed E-state index contributed by atoms with van der Waals surface area (Å²) in [6.07, 6.45) is -2.74. The molecule has 0 aliphatic carbocycles. The van der Waals surface area contributed by atoms with Crippen LogP contribution >= 0.6 is 11.6 Å². The van der Waals surface area contributed by atoms with E-state index in [-0.39, 0.29) is 21.2 Å². The van der Waals surface area contributed by atoms with Crippen LogP contribution in [-0.4, -0.2) is 33.0 Å². The molecule has 3 rings (SSSR count). The van der Waals surface area contributed by atoms with Crippen molar-refractivity contribution in [3.8, 4) is 0 Å². The van der Waals surface area contributed by atoms with Gasteiger partial charge in [-0.1, -0.05) is 24.6 Å². The van der Waals surface area contributed by atoms with Gasteiger partial charge in [0.2, 0.25) is 5.91 Å². The van der Waals surface area contributed by atoms with E-state index >= 15 is 0 Å². The Kier molecular flexibility index (Phi) is 6.95. The molecular weight excluding hydrogens is 436 g/mol. The summed E-state index contributed by atoms with van der Waals surface area (Å²) in [5.74, 6) is -0.957. The number of benzene rings is 2. The third kappa shape index (κ3) is 5.08. The maximum Gasteiger partial charge on any atom is 0.255 e. The van der Waals surface area contributed by atoms with Crippen LogP contribution < -0.4 is 16.0 Å². The summed E-state index contributed by atoms with van der Waals surface area (Å²) in [6, 6.07) is 8.40. The van der Waals surface area contributed by atoms with Gasteiger partial charge in [-0.05, 0) is 41.5 Å². The Bertz CT molecular complexity index is 1050. The van der Waals surface area contributed by atoms with Crippen molar-refractivity contribution in [2.45, 2.75) is 37.4 Å². The van der Waals surface area contributed by atoms with Crippen molar-refractivity contribution in [1.82, 2.24) is 10.6 Å². The molecule has 3 N–H and O–H groups in total. The van der Waals surface area contributed by atoms with E-state index in [1.165, 1.54) is 25.1 Å². The van der Waals surface area contributed by atoms with Crippen molar-refractivity contribution in [3.05, 3.63) is 58.1 Å². The van der Waals surface area contributed by atoms with Gasteiger partial charge in [-0.25, -0.2) is 17.2 Å². The predicted octanol–water partition coefficient (Wildman–Crippen LogP) is 3.27.